The third-order valence-electron chi connectivity index (χ3n) is 2.72. The highest BCUT2D eigenvalue weighted by Crippen LogP contribution is 2.37. The van der Waals surface area contributed by atoms with Gasteiger partial charge in [-0.25, -0.2) is 13.4 Å². The first-order chi connectivity index (χ1) is 8.37. The van der Waals surface area contributed by atoms with Crippen molar-refractivity contribution in [2.45, 2.75) is 58.3 Å². The highest BCUT2D eigenvalue weighted by atomic mass is 32.2. The summed E-state index contributed by atoms with van der Waals surface area (Å²) in [5.74, 6) is 0.0581. The van der Waals surface area contributed by atoms with Crippen LogP contribution < -0.4 is 0 Å². The van der Waals surface area contributed by atoms with Gasteiger partial charge in [0, 0.05) is 11.2 Å². The lowest BCUT2D eigenvalue weighted by molar-refractivity contribution is 0.0803. The third-order valence-corrected chi connectivity index (χ3v) is 5.86. The molecule has 1 heterocycles. The van der Waals surface area contributed by atoms with Crippen LogP contribution in [0.1, 0.15) is 57.1 Å². The number of hydrogen-bond acceptors (Lipinski definition) is 5. The van der Waals surface area contributed by atoms with Crippen molar-refractivity contribution in [3.05, 3.63) is 15.6 Å². The number of aromatic nitrogens is 1. The molecule has 0 aromatic carbocycles. The van der Waals surface area contributed by atoms with E-state index in [-0.39, 0.29) is 16.9 Å². The van der Waals surface area contributed by atoms with Crippen molar-refractivity contribution in [1.29, 1.82) is 0 Å². The average molecular weight is 305 g/mol. The Bertz CT molecular complexity index is 514. The summed E-state index contributed by atoms with van der Waals surface area (Å²) in [7, 11) is -3.10. The van der Waals surface area contributed by atoms with Crippen LogP contribution in [-0.2, 0) is 26.6 Å². The maximum Gasteiger partial charge on any atom is 0.156 e. The smallest absolute Gasteiger partial charge is 0.156 e. The van der Waals surface area contributed by atoms with Gasteiger partial charge in [-0.05, 0) is 13.8 Å². The topological polar surface area (TPSA) is 67.3 Å². The van der Waals surface area contributed by atoms with Crippen LogP contribution in [0.2, 0.25) is 0 Å². The van der Waals surface area contributed by atoms with Gasteiger partial charge in [-0.2, -0.15) is 0 Å². The molecule has 0 bridgehead atoms. The Morgan fingerprint density at radius 1 is 1.21 bits per heavy atom. The lowest BCUT2D eigenvalue weighted by Crippen LogP contribution is -2.22. The number of rotatable bonds is 4. The molecule has 0 unspecified atom stereocenters. The average Bonchev–Trinajstić information content (AvgIpc) is 2.60. The van der Waals surface area contributed by atoms with Crippen molar-refractivity contribution in [3.8, 4) is 0 Å². The molecule has 0 aliphatic carbocycles. The first-order valence-corrected chi connectivity index (χ1v) is 8.94. The van der Waals surface area contributed by atoms with E-state index in [1.807, 2.05) is 20.8 Å². The van der Waals surface area contributed by atoms with Crippen LogP contribution in [0.25, 0.3) is 0 Å². The zero-order valence-electron chi connectivity index (χ0n) is 12.4. The maximum atomic E-state index is 11.7. The Balaban J connectivity index is 3.30. The van der Waals surface area contributed by atoms with Crippen LogP contribution in [0.15, 0.2) is 0 Å². The number of sulfone groups is 1. The second kappa shape index (κ2) is 5.14. The Morgan fingerprint density at radius 2 is 1.74 bits per heavy atom. The Kier molecular flexibility index (Phi) is 4.49. The molecule has 4 nitrogen and oxygen atoms in total. The fourth-order valence-corrected chi connectivity index (χ4v) is 4.13. The molecule has 6 heteroatoms. The highest BCUT2D eigenvalue weighted by Gasteiger charge is 2.31. The van der Waals surface area contributed by atoms with E-state index in [9.17, 15) is 13.5 Å². The molecular weight excluding hydrogens is 282 g/mol. The molecule has 0 radical (unpaired) electrons. The van der Waals surface area contributed by atoms with Gasteiger partial charge < -0.3 is 5.11 Å². The summed E-state index contributed by atoms with van der Waals surface area (Å²) in [6, 6.07) is 0. The van der Waals surface area contributed by atoms with Crippen LogP contribution in [0.4, 0.5) is 0 Å². The monoisotopic (exact) mass is 305 g/mol. The van der Waals surface area contributed by atoms with Crippen molar-refractivity contribution in [3.63, 3.8) is 0 Å². The fraction of sp³-hybridized carbons (Fsp3) is 0.769. The van der Waals surface area contributed by atoms with Gasteiger partial charge >= 0.3 is 0 Å². The van der Waals surface area contributed by atoms with Crippen LogP contribution in [-0.4, -0.2) is 24.3 Å². The largest absolute Gasteiger partial charge is 0.385 e. The second-order valence-electron chi connectivity index (χ2n) is 6.27. The molecule has 0 spiro atoms. The molecule has 19 heavy (non-hydrogen) atoms. The van der Waals surface area contributed by atoms with Gasteiger partial charge in [0.25, 0.3) is 0 Å². The van der Waals surface area contributed by atoms with Gasteiger partial charge in [0.05, 0.1) is 16.2 Å². The quantitative estimate of drug-likeness (QED) is 0.928. The number of nitrogens with zero attached hydrogens (tertiary/aromatic N) is 1. The summed E-state index contributed by atoms with van der Waals surface area (Å²) < 4.78 is 23.4. The van der Waals surface area contributed by atoms with E-state index >= 15 is 0 Å². The van der Waals surface area contributed by atoms with Crippen molar-refractivity contribution in [1.82, 2.24) is 4.98 Å². The second-order valence-corrected chi connectivity index (χ2v) is 9.71. The number of thiazole rings is 1. The molecule has 0 saturated heterocycles. The minimum atomic E-state index is -3.10. The standard InChI is InChI=1S/C13H23NO3S2/c1-7-19(16,17)8-9-14-10(12(2,3)4)11(18-9)13(5,6)15/h15H,7-8H2,1-6H3. The van der Waals surface area contributed by atoms with E-state index in [2.05, 4.69) is 4.98 Å². The highest BCUT2D eigenvalue weighted by molar-refractivity contribution is 7.90. The number of hydrogen-bond donors (Lipinski definition) is 1. The summed E-state index contributed by atoms with van der Waals surface area (Å²) in [6.45, 7) is 11.1. The summed E-state index contributed by atoms with van der Waals surface area (Å²) in [6.07, 6.45) is 0. The fourth-order valence-electron chi connectivity index (χ4n) is 1.64. The van der Waals surface area contributed by atoms with Crippen LogP contribution in [0, 0.1) is 0 Å². The van der Waals surface area contributed by atoms with Crippen molar-refractivity contribution >= 4 is 21.2 Å². The lowest BCUT2D eigenvalue weighted by atomic mass is 9.88. The molecule has 0 aliphatic heterocycles. The number of aliphatic hydroxyl groups is 1. The van der Waals surface area contributed by atoms with E-state index < -0.39 is 15.4 Å². The van der Waals surface area contributed by atoms with Gasteiger partial charge in [-0.15, -0.1) is 11.3 Å². The molecule has 0 fully saturated rings. The Labute approximate surface area is 119 Å². The Morgan fingerprint density at radius 3 is 2.05 bits per heavy atom. The summed E-state index contributed by atoms with van der Waals surface area (Å²) in [5, 5.41) is 10.8. The molecule has 1 aromatic rings. The predicted octanol–water partition coefficient (Wildman–Crippen LogP) is 2.60. The van der Waals surface area contributed by atoms with Crippen molar-refractivity contribution in [2.75, 3.05) is 5.75 Å². The molecule has 0 saturated carbocycles. The summed E-state index contributed by atoms with van der Waals surface area (Å²) >= 11 is 1.30. The van der Waals surface area contributed by atoms with Crippen LogP contribution in [0.3, 0.4) is 0 Å². The molecule has 1 N–H and O–H groups in total. The first kappa shape index (κ1) is 16.6. The van der Waals surface area contributed by atoms with Gasteiger partial charge in [0.15, 0.2) is 9.84 Å². The van der Waals surface area contributed by atoms with E-state index in [0.29, 0.717) is 5.01 Å². The minimum absolute atomic E-state index is 0.0483. The van der Waals surface area contributed by atoms with Gasteiger partial charge in [-0.1, -0.05) is 27.7 Å². The van der Waals surface area contributed by atoms with E-state index in [1.54, 1.807) is 20.8 Å². The van der Waals surface area contributed by atoms with E-state index in [4.69, 9.17) is 0 Å². The molecule has 1 aromatic heterocycles. The molecular formula is C13H23NO3S2. The minimum Gasteiger partial charge on any atom is -0.385 e. The first-order valence-electron chi connectivity index (χ1n) is 6.30. The van der Waals surface area contributed by atoms with E-state index in [1.165, 1.54) is 11.3 Å². The maximum absolute atomic E-state index is 11.7. The van der Waals surface area contributed by atoms with Crippen LogP contribution >= 0.6 is 11.3 Å². The van der Waals surface area contributed by atoms with Crippen molar-refractivity contribution < 1.29 is 13.5 Å². The van der Waals surface area contributed by atoms with Gasteiger partial charge in [-0.3, -0.25) is 0 Å². The lowest BCUT2D eigenvalue weighted by Gasteiger charge is -2.23. The molecule has 0 aliphatic rings. The van der Waals surface area contributed by atoms with E-state index in [0.717, 1.165) is 10.6 Å². The molecule has 0 amide bonds. The summed E-state index contributed by atoms with van der Waals surface area (Å²) in [4.78, 5) is 5.21. The van der Waals surface area contributed by atoms with Gasteiger partial charge in [0.2, 0.25) is 0 Å². The van der Waals surface area contributed by atoms with Crippen molar-refractivity contribution in [2.24, 2.45) is 0 Å². The zero-order valence-corrected chi connectivity index (χ0v) is 14.1. The zero-order chi connectivity index (χ0) is 15.1. The molecule has 110 valence electrons. The normalized spacial score (nSPS) is 13.8. The van der Waals surface area contributed by atoms with Gasteiger partial charge in [0.1, 0.15) is 10.8 Å². The summed E-state index contributed by atoms with van der Waals surface area (Å²) in [5.41, 5.74) is -0.444. The SMILES string of the molecule is CCS(=O)(=O)Cc1nc(C(C)(C)C)c(C(C)(C)O)s1. The Hall–Kier alpha value is -0.460. The molecule has 1 rings (SSSR count). The third kappa shape index (κ3) is 4.26. The predicted molar refractivity (Wildman–Crippen MR) is 79.2 cm³/mol. The van der Waals surface area contributed by atoms with Crippen LogP contribution in [0.5, 0.6) is 0 Å². The molecule has 0 atom stereocenters.